The molecule has 3 aromatic rings. The number of hydrogen-bond donors (Lipinski definition) is 1. The van der Waals surface area contributed by atoms with Gasteiger partial charge >= 0.3 is 5.97 Å². The zero-order chi connectivity index (χ0) is 16.8. The van der Waals surface area contributed by atoms with E-state index in [1.165, 1.54) is 11.8 Å². The Balaban J connectivity index is 1.82. The smallest absolute Gasteiger partial charge is 0.311 e. The number of rotatable bonds is 7. The van der Waals surface area contributed by atoms with Gasteiger partial charge in [0.1, 0.15) is 12.1 Å². The van der Waals surface area contributed by atoms with Crippen molar-refractivity contribution in [1.29, 1.82) is 0 Å². The summed E-state index contributed by atoms with van der Waals surface area (Å²) in [6.45, 7) is 0. The Hall–Kier alpha value is -2.18. The highest BCUT2D eigenvalue weighted by Gasteiger charge is 2.19. The fourth-order valence-electron chi connectivity index (χ4n) is 2.09. The van der Waals surface area contributed by atoms with Gasteiger partial charge in [0, 0.05) is 15.5 Å². The van der Waals surface area contributed by atoms with Crippen molar-refractivity contribution in [3.63, 3.8) is 0 Å². The van der Waals surface area contributed by atoms with Crippen LogP contribution >= 0.6 is 23.5 Å². The van der Waals surface area contributed by atoms with Gasteiger partial charge in [-0.2, -0.15) is 0 Å². The topological polar surface area (TPSA) is 63.3 Å². The summed E-state index contributed by atoms with van der Waals surface area (Å²) in [5.41, 5.74) is 0.772. The molecular formula is C18H15NO3S2. The molecule has 1 N–H and O–H groups in total. The number of carbonyl (C=O) groups is 1. The molecule has 0 bridgehead atoms. The molecule has 1 heterocycles. The molecular weight excluding hydrogens is 342 g/mol. The van der Waals surface area contributed by atoms with Gasteiger partial charge in [-0.25, -0.2) is 0 Å². The van der Waals surface area contributed by atoms with Crippen molar-refractivity contribution >= 4 is 29.5 Å². The second-order valence-electron chi connectivity index (χ2n) is 4.97. The van der Waals surface area contributed by atoms with E-state index in [0.29, 0.717) is 11.5 Å². The van der Waals surface area contributed by atoms with Gasteiger partial charge in [-0.3, -0.25) is 4.79 Å². The highest BCUT2D eigenvalue weighted by atomic mass is 32.2. The molecule has 0 fully saturated rings. The summed E-state index contributed by atoms with van der Waals surface area (Å²) in [7, 11) is 0. The third-order valence-electron chi connectivity index (χ3n) is 3.18. The first-order valence-electron chi connectivity index (χ1n) is 7.32. The highest BCUT2D eigenvalue weighted by molar-refractivity contribution is 8.00. The summed E-state index contributed by atoms with van der Waals surface area (Å²) in [6.07, 6.45) is -0.168. The molecule has 0 amide bonds. The molecule has 0 unspecified atom stereocenters. The van der Waals surface area contributed by atoms with Gasteiger partial charge in [-0.05, 0) is 24.3 Å². The monoisotopic (exact) mass is 357 g/mol. The molecule has 122 valence electrons. The van der Waals surface area contributed by atoms with Crippen LogP contribution in [0.25, 0.3) is 0 Å². The van der Waals surface area contributed by atoms with Gasteiger partial charge in [0.05, 0.1) is 4.90 Å². The summed E-state index contributed by atoms with van der Waals surface area (Å²) >= 11 is 3.14. The Bertz CT molecular complexity index is 804. The minimum absolute atomic E-state index is 0.168. The number of carboxylic acid groups (broad SMARTS) is 1. The SMILES string of the molecule is O=C(O)Cc1onc(CSc2ccccc2)c1Sc1ccccc1. The summed E-state index contributed by atoms with van der Waals surface area (Å²) < 4.78 is 5.30. The summed E-state index contributed by atoms with van der Waals surface area (Å²) in [5, 5.41) is 13.2. The first kappa shape index (κ1) is 16.7. The molecule has 0 saturated carbocycles. The van der Waals surface area contributed by atoms with E-state index in [-0.39, 0.29) is 6.42 Å². The van der Waals surface area contributed by atoms with Gasteiger partial charge in [0.2, 0.25) is 0 Å². The van der Waals surface area contributed by atoms with E-state index in [1.54, 1.807) is 11.8 Å². The lowest BCUT2D eigenvalue weighted by Crippen LogP contribution is -2.00. The Kier molecular flexibility index (Phi) is 5.61. The van der Waals surface area contributed by atoms with Crippen molar-refractivity contribution in [2.45, 2.75) is 26.9 Å². The van der Waals surface area contributed by atoms with Crippen LogP contribution < -0.4 is 0 Å². The Morgan fingerprint density at radius 1 is 1.00 bits per heavy atom. The maximum Gasteiger partial charge on any atom is 0.311 e. The third kappa shape index (κ3) is 4.43. The summed E-state index contributed by atoms with van der Waals surface area (Å²) in [5.74, 6) is 0.103. The normalized spacial score (nSPS) is 10.7. The highest BCUT2D eigenvalue weighted by Crippen LogP contribution is 2.36. The average Bonchev–Trinajstić information content (AvgIpc) is 2.96. The molecule has 4 nitrogen and oxygen atoms in total. The number of carboxylic acids is 1. The molecule has 0 radical (unpaired) electrons. The fourth-order valence-corrected chi connectivity index (χ4v) is 4.01. The second-order valence-corrected chi connectivity index (χ2v) is 7.10. The van der Waals surface area contributed by atoms with Crippen molar-refractivity contribution in [2.24, 2.45) is 0 Å². The maximum atomic E-state index is 11.1. The molecule has 2 aromatic carbocycles. The van der Waals surface area contributed by atoms with Crippen molar-refractivity contribution in [1.82, 2.24) is 5.16 Å². The van der Waals surface area contributed by atoms with Gasteiger partial charge < -0.3 is 9.63 Å². The molecule has 0 atom stereocenters. The number of hydrogen-bond acceptors (Lipinski definition) is 5. The van der Waals surface area contributed by atoms with Gasteiger partial charge in [-0.15, -0.1) is 11.8 Å². The van der Waals surface area contributed by atoms with Crippen LogP contribution in [0.15, 0.2) is 79.9 Å². The molecule has 0 aliphatic heterocycles. The standard InChI is InChI=1S/C18H15NO3S2/c20-17(21)11-16-18(24-14-9-5-2-6-10-14)15(19-22-16)12-23-13-7-3-1-4-8-13/h1-10H,11-12H2,(H,20,21). The number of aromatic nitrogens is 1. The minimum Gasteiger partial charge on any atom is -0.481 e. The lowest BCUT2D eigenvalue weighted by Gasteiger charge is -2.04. The largest absolute Gasteiger partial charge is 0.481 e. The lowest BCUT2D eigenvalue weighted by molar-refractivity contribution is -0.136. The van der Waals surface area contributed by atoms with Crippen molar-refractivity contribution in [3.8, 4) is 0 Å². The lowest BCUT2D eigenvalue weighted by atomic mass is 10.3. The predicted molar refractivity (Wildman–Crippen MR) is 94.4 cm³/mol. The second kappa shape index (κ2) is 8.08. The Labute approximate surface area is 148 Å². The van der Waals surface area contributed by atoms with Gasteiger partial charge in [0.25, 0.3) is 0 Å². The van der Waals surface area contributed by atoms with Crippen molar-refractivity contribution < 1.29 is 14.4 Å². The zero-order valence-corrected chi connectivity index (χ0v) is 14.3. The Morgan fingerprint density at radius 3 is 2.25 bits per heavy atom. The quantitative estimate of drug-likeness (QED) is 0.616. The van der Waals surface area contributed by atoms with Crippen LogP contribution in [-0.2, 0) is 17.0 Å². The minimum atomic E-state index is -0.927. The molecule has 3 rings (SSSR count). The van der Waals surface area contributed by atoms with Gasteiger partial charge in [-0.1, -0.05) is 53.3 Å². The zero-order valence-electron chi connectivity index (χ0n) is 12.7. The van der Waals surface area contributed by atoms with Crippen LogP contribution in [0.4, 0.5) is 0 Å². The number of thioether (sulfide) groups is 1. The summed E-state index contributed by atoms with van der Waals surface area (Å²) in [4.78, 5) is 14.0. The first-order chi connectivity index (χ1) is 11.7. The van der Waals surface area contributed by atoms with Crippen molar-refractivity contribution in [2.75, 3.05) is 0 Å². The van der Waals surface area contributed by atoms with E-state index in [0.717, 1.165) is 20.4 Å². The number of benzene rings is 2. The van der Waals surface area contributed by atoms with Crippen LogP contribution in [-0.4, -0.2) is 16.2 Å². The van der Waals surface area contributed by atoms with Crippen LogP contribution in [0.2, 0.25) is 0 Å². The van der Waals surface area contributed by atoms with E-state index in [2.05, 4.69) is 5.16 Å². The third-order valence-corrected chi connectivity index (χ3v) is 5.37. The van der Waals surface area contributed by atoms with Crippen molar-refractivity contribution in [3.05, 3.63) is 72.1 Å². The van der Waals surface area contributed by atoms with Crippen LogP contribution in [0, 0.1) is 0 Å². The van der Waals surface area contributed by atoms with E-state index >= 15 is 0 Å². The molecule has 0 saturated heterocycles. The average molecular weight is 357 g/mol. The summed E-state index contributed by atoms with van der Waals surface area (Å²) in [6, 6.07) is 19.8. The first-order valence-corrected chi connectivity index (χ1v) is 9.12. The molecule has 0 aliphatic rings. The predicted octanol–water partition coefficient (Wildman–Crippen LogP) is 4.75. The van der Waals surface area contributed by atoms with E-state index in [1.807, 2.05) is 60.7 Å². The van der Waals surface area contributed by atoms with Crippen LogP contribution in [0.3, 0.4) is 0 Å². The Morgan fingerprint density at radius 2 is 1.62 bits per heavy atom. The van der Waals surface area contributed by atoms with Crippen LogP contribution in [0.5, 0.6) is 0 Å². The fraction of sp³-hybridized carbons (Fsp3) is 0.111. The molecule has 0 aliphatic carbocycles. The maximum absolute atomic E-state index is 11.1. The number of nitrogens with zero attached hydrogens (tertiary/aromatic N) is 1. The van der Waals surface area contributed by atoms with E-state index in [9.17, 15) is 4.79 Å². The van der Waals surface area contributed by atoms with E-state index in [4.69, 9.17) is 9.63 Å². The molecule has 0 spiro atoms. The molecule has 1 aromatic heterocycles. The van der Waals surface area contributed by atoms with E-state index < -0.39 is 5.97 Å². The molecule has 6 heteroatoms. The molecule has 24 heavy (non-hydrogen) atoms. The number of aliphatic carboxylic acids is 1. The van der Waals surface area contributed by atoms with Crippen LogP contribution in [0.1, 0.15) is 11.5 Å². The van der Waals surface area contributed by atoms with Gasteiger partial charge in [0.15, 0.2) is 5.76 Å².